The highest BCUT2D eigenvalue weighted by molar-refractivity contribution is 7.87. The molecule has 2 N–H and O–H groups in total. The number of nitrogens with zero attached hydrogens (tertiary/aromatic N) is 1. The molecule has 178 valence electrons. The van der Waals surface area contributed by atoms with Gasteiger partial charge in [0.1, 0.15) is 10.6 Å². The lowest BCUT2D eigenvalue weighted by molar-refractivity contribution is 0.390. The molecule has 3 rings (SSSR count). The Morgan fingerprint density at radius 1 is 0.941 bits per heavy atom. The van der Waals surface area contributed by atoms with Gasteiger partial charge < -0.3 is 19.0 Å². The van der Waals surface area contributed by atoms with Crippen LogP contribution in [0.2, 0.25) is 0 Å². The van der Waals surface area contributed by atoms with Crippen molar-refractivity contribution in [2.45, 2.75) is 18.7 Å². The average molecular weight is 500 g/mol. The van der Waals surface area contributed by atoms with Gasteiger partial charge in [0.15, 0.2) is 16.6 Å². The van der Waals surface area contributed by atoms with E-state index in [0.717, 1.165) is 5.56 Å². The predicted octanol–water partition coefficient (Wildman–Crippen LogP) is 4.41. The van der Waals surface area contributed by atoms with Crippen molar-refractivity contribution in [3.05, 3.63) is 77.4 Å². The Morgan fingerprint density at radius 3 is 2.41 bits per heavy atom. The summed E-state index contributed by atoms with van der Waals surface area (Å²) in [6.07, 6.45) is 1.52. The molecule has 0 saturated carbocycles. The van der Waals surface area contributed by atoms with Gasteiger partial charge in [-0.1, -0.05) is 24.3 Å². The molecule has 0 spiro atoms. The number of para-hydroxylation sites is 2. The van der Waals surface area contributed by atoms with E-state index in [2.05, 4.69) is 15.8 Å². The van der Waals surface area contributed by atoms with Gasteiger partial charge in [-0.05, 0) is 79.2 Å². The molecule has 3 aromatic carbocycles. The third-order valence-electron chi connectivity index (χ3n) is 4.74. The van der Waals surface area contributed by atoms with Crippen molar-refractivity contribution in [1.29, 1.82) is 0 Å². The molecule has 0 radical (unpaired) electrons. The first kappa shape index (κ1) is 25.0. The summed E-state index contributed by atoms with van der Waals surface area (Å²) in [6, 6.07) is 17.3. The van der Waals surface area contributed by atoms with Crippen molar-refractivity contribution in [1.82, 2.24) is 5.43 Å². The highest BCUT2D eigenvalue weighted by Crippen LogP contribution is 2.31. The fourth-order valence-corrected chi connectivity index (χ4v) is 4.46. The van der Waals surface area contributed by atoms with Gasteiger partial charge in [-0.3, -0.25) is 5.43 Å². The number of aryl methyl sites for hydroxylation is 2. The van der Waals surface area contributed by atoms with Crippen molar-refractivity contribution in [2.75, 3.05) is 19.5 Å². The molecular weight excluding hydrogens is 474 g/mol. The monoisotopic (exact) mass is 499 g/mol. The van der Waals surface area contributed by atoms with Crippen LogP contribution < -0.4 is 24.4 Å². The van der Waals surface area contributed by atoms with Gasteiger partial charge in [0.2, 0.25) is 0 Å². The summed E-state index contributed by atoms with van der Waals surface area (Å²) >= 11 is 5.25. The first-order valence-electron chi connectivity index (χ1n) is 10.2. The Bertz CT molecular complexity index is 1320. The maximum absolute atomic E-state index is 12.8. The maximum atomic E-state index is 12.8. The Hall–Kier alpha value is -3.63. The van der Waals surface area contributed by atoms with Crippen LogP contribution in [0.1, 0.15) is 16.7 Å². The van der Waals surface area contributed by atoms with Crippen LogP contribution in [0.15, 0.2) is 70.7 Å². The molecule has 0 atom stereocenters. The van der Waals surface area contributed by atoms with Gasteiger partial charge >= 0.3 is 10.1 Å². The molecule has 0 aromatic heterocycles. The van der Waals surface area contributed by atoms with E-state index in [4.69, 9.17) is 25.9 Å². The quantitative estimate of drug-likeness (QED) is 0.204. The summed E-state index contributed by atoms with van der Waals surface area (Å²) in [5.74, 6) is 0.959. The molecule has 0 unspecified atom stereocenters. The van der Waals surface area contributed by atoms with E-state index in [9.17, 15) is 8.42 Å². The molecule has 0 aliphatic rings. The molecule has 34 heavy (non-hydrogen) atoms. The summed E-state index contributed by atoms with van der Waals surface area (Å²) in [5.41, 5.74) is 5.47. The molecule has 10 heteroatoms. The van der Waals surface area contributed by atoms with Crippen molar-refractivity contribution < 1.29 is 22.1 Å². The number of benzene rings is 3. The first-order chi connectivity index (χ1) is 16.2. The Balaban J connectivity index is 1.70. The van der Waals surface area contributed by atoms with Crippen molar-refractivity contribution in [3.8, 4) is 17.2 Å². The van der Waals surface area contributed by atoms with Gasteiger partial charge in [-0.25, -0.2) is 0 Å². The van der Waals surface area contributed by atoms with E-state index in [1.54, 1.807) is 38.3 Å². The van der Waals surface area contributed by atoms with E-state index in [0.29, 0.717) is 22.6 Å². The summed E-state index contributed by atoms with van der Waals surface area (Å²) in [6.45, 7) is 3.53. The molecule has 0 amide bonds. The fraction of sp³-hybridized carbons (Fsp3) is 0.167. The van der Waals surface area contributed by atoms with E-state index < -0.39 is 10.1 Å². The van der Waals surface area contributed by atoms with Crippen LogP contribution in [0.4, 0.5) is 5.69 Å². The maximum Gasteiger partial charge on any atom is 0.339 e. The van der Waals surface area contributed by atoms with E-state index >= 15 is 0 Å². The lowest BCUT2D eigenvalue weighted by atomic mass is 10.2. The second-order valence-electron chi connectivity index (χ2n) is 7.24. The highest BCUT2D eigenvalue weighted by Gasteiger charge is 2.21. The van der Waals surface area contributed by atoms with Crippen molar-refractivity contribution in [2.24, 2.45) is 5.10 Å². The summed E-state index contributed by atoms with van der Waals surface area (Å²) in [4.78, 5) is 0.112. The van der Waals surface area contributed by atoms with Crippen molar-refractivity contribution >= 4 is 39.4 Å². The SMILES string of the molecule is COc1ccccc1NC(=S)N/N=C/c1ccc(OS(=O)(=O)c2cc(C)ccc2C)c(OC)c1. The van der Waals surface area contributed by atoms with Gasteiger partial charge in [0, 0.05) is 0 Å². The number of hydrazone groups is 1. The normalized spacial score (nSPS) is 11.2. The smallest absolute Gasteiger partial charge is 0.339 e. The predicted molar refractivity (Wildman–Crippen MR) is 137 cm³/mol. The average Bonchev–Trinajstić information content (AvgIpc) is 2.81. The summed E-state index contributed by atoms with van der Waals surface area (Å²) < 4.78 is 41.6. The molecule has 0 heterocycles. The minimum Gasteiger partial charge on any atom is -0.495 e. The largest absolute Gasteiger partial charge is 0.495 e. The minimum absolute atomic E-state index is 0.0712. The number of hydrogen-bond donors (Lipinski definition) is 2. The first-order valence-corrected chi connectivity index (χ1v) is 12.0. The number of rotatable bonds is 8. The number of nitrogens with one attached hydrogen (secondary N) is 2. The molecular formula is C24H25N3O5S2. The number of thiocarbonyl (C=S) groups is 1. The highest BCUT2D eigenvalue weighted by atomic mass is 32.2. The number of hydrogen-bond acceptors (Lipinski definition) is 7. The van der Waals surface area contributed by atoms with Crippen LogP contribution in [0.3, 0.4) is 0 Å². The summed E-state index contributed by atoms with van der Waals surface area (Å²) in [5, 5.41) is 7.38. The fourth-order valence-electron chi connectivity index (χ4n) is 3.04. The molecule has 8 nitrogen and oxygen atoms in total. The van der Waals surface area contributed by atoms with Crippen molar-refractivity contribution in [3.63, 3.8) is 0 Å². The van der Waals surface area contributed by atoms with E-state index in [-0.39, 0.29) is 21.5 Å². The van der Waals surface area contributed by atoms with Gasteiger partial charge in [0.05, 0.1) is 26.1 Å². The Morgan fingerprint density at radius 2 is 1.68 bits per heavy atom. The second-order valence-corrected chi connectivity index (χ2v) is 9.16. The molecule has 0 aliphatic heterocycles. The topological polar surface area (TPSA) is 98.2 Å². The lowest BCUT2D eigenvalue weighted by Crippen LogP contribution is -2.24. The number of ether oxygens (including phenoxy) is 2. The van der Waals surface area contributed by atoms with Crippen LogP contribution in [0.5, 0.6) is 17.2 Å². The van der Waals surface area contributed by atoms with Crippen LogP contribution in [0.25, 0.3) is 0 Å². The third-order valence-corrected chi connectivity index (χ3v) is 6.31. The van der Waals surface area contributed by atoms with Gasteiger partial charge in [-0.15, -0.1) is 0 Å². The molecule has 0 aliphatic carbocycles. The molecule has 0 fully saturated rings. The zero-order valence-electron chi connectivity index (χ0n) is 19.2. The minimum atomic E-state index is -4.04. The van der Waals surface area contributed by atoms with Crippen LogP contribution >= 0.6 is 12.2 Å². The van der Waals surface area contributed by atoms with Crippen LogP contribution in [-0.4, -0.2) is 34.0 Å². The molecule has 3 aromatic rings. The zero-order chi connectivity index (χ0) is 24.7. The second kappa shape index (κ2) is 11.0. The Kier molecular flexibility index (Phi) is 8.08. The van der Waals surface area contributed by atoms with Gasteiger partial charge in [0.25, 0.3) is 0 Å². The number of anilines is 1. The van der Waals surface area contributed by atoms with E-state index in [1.807, 2.05) is 37.3 Å². The standard InChI is InChI=1S/C24H25N3O5S2/c1-16-9-10-17(2)23(13-16)34(28,29)32-21-12-11-18(14-22(21)31-4)15-25-27-24(33)26-19-7-5-6-8-20(19)30-3/h5-15H,1-4H3,(H2,26,27,33)/b25-15+. The summed E-state index contributed by atoms with van der Waals surface area (Å²) in [7, 11) is -1.04. The van der Waals surface area contributed by atoms with E-state index in [1.165, 1.54) is 19.4 Å². The molecule has 0 bridgehead atoms. The van der Waals surface area contributed by atoms with Crippen LogP contribution in [0, 0.1) is 13.8 Å². The van der Waals surface area contributed by atoms with Crippen LogP contribution in [-0.2, 0) is 10.1 Å². The molecule has 0 saturated heterocycles. The van der Waals surface area contributed by atoms with Gasteiger partial charge in [-0.2, -0.15) is 13.5 Å². The lowest BCUT2D eigenvalue weighted by Gasteiger charge is -2.13. The number of methoxy groups -OCH3 is 2. The third kappa shape index (κ3) is 6.24. The Labute approximate surface area is 204 Å². The zero-order valence-corrected chi connectivity index (χ0v) is 20.8.